The van der Waals surface area contributed by atoms with Crippen LogP contribution in [-0.4, -0.2) is 52.4 Å². The van der Waals surface area contributed by atoms with Crippen LogP contribution in [0, 0.1) is 12.8 Å². The summed E-state index contributed by atoms with van der Waals surface area (Å²) in [5, 5.41) is 0.763. The van der Waals surface area contributed by atoms with E-state index in [2.05, 4.69) is 35.6 Å². The zero-order valence-electron chi connectivity index (χ0n) is 20.3. The molecule has 9 heteroatoms. The van der Waals surface area contributed by atoms with Crippen molar-refractivity contribution in [1.82, 2.24) is 14.3 Å². The van der Waals surface area contributed by atoms with E-state index in [-0.39, 0.29) is 17.8 Å². The van der Waals surface area contributed by atoms with Crippen LogP contribution in [0.15, 0.2) is 47.1 Å². The smallest absolute Gasteiger partial charge is 0.310 e. The Morgan fingerprint density at radius 1 is 1.26 bits per heavy atom. The minimum absolute atomic E-state index is 0.0350. The molecule has 3 heterocycles. The second kappa shape index (κ2) is 12.0. The Balaban J connectivity index is 1.40. The molecule has 1 fully saturated rings. The number of esters is 1. The highest BCUT2D eigenvalue weighted by Gasteiger charge is 2.29. The van der Waals surface area contributed by atoms with Gasteiger partial charge >= 0.3 is 5.97 Å². The fourth-order valence-electron chi connectivity index (χ4n) is 4.21. The summed E-state index contributed by atoms with van der Waals surface area (Å²) >= 11 is 1.34. The molecule has 1 aliphatic heterocycles. The van der Waals surface area contributed by atoms with Gasteiger partial charge in [-0.15, -0.1) is 0 Å². The number of likely N-dealkylation sites (tertiary alicyclic amines) is 1. The summed E-state index contributed by atoms with van der Waals surface area (Å²) < 4.78 is 15.3. The molecule has 0 radical (unpaired) electrons. The van der Waals surface area contributed by atoms with Crippen molar-refractivity contribution in [1.29, 1.82) is 0 Å². The average molecular weight is 497 g/mol. The molecule has 3 aromatic rings. The fourth-order valence-corrected chi connectivity index (χ4v) is 4.92. The molecule has 0 aliphatic carbocycles. The van der Waals surface area contributed by atoms with Crippen LogP contribution < -0.4 is 4.90 Å². The number of rotatable bonds is 10. The molecular weight excluding hydrogens is 464 g/mol. The summed E-state index contributed by atoms with van der Waals surface area (Å²) in [6, 6.07) is 12.1. The van der Waals surface area contributed by atoms with E-state index < -0.39 is 0 Å². The van der Waals surface area contributed by atoms with Crippen molar-refractivity contribution in [3.8, 4) is 0 Å². The predicted molar refractivity (Wildman–Crippen MR) is 134 cm³/mol. The van der Waals surface area contributed by atoms with Gasteiger partial charge in [0.25, 0.3) is 0 Å². The third kappa shape index (κ3) is 6.91. The molecule has 1 aromatic carbocycles. The van der Waals surface area contributed by atoms with Crippen LogP contribution in [-0.2, 0) is 27.3 Å². The van der Waals surface area contributed by atoms with Gasteiger partial charge in [-0.2, -0.15) is 4.37 Å². The molecule has 1 saturated heterocycles. The molecule has 0 spiro atoms. The summed E-state index contributed by atoms with van der Waals surface area (Å²) in [5.41, 5.74) is 2.38. The van der Waals surface area contributed by atoms with E-state index in [1.807, 2.05) is 17.0 Å². The summed E-state index contributed by atoms with van der Waals surface area (Å²) in [7, 11) is 0. The fraction of sp³-hybridized carbons (Fsp3) is 0.462. The number of ether oxygens (including phenoxy) is 1. The van der Waals surface area contributed by atoms with E-state index in [1.165, 1.54) is 17.1 Å². The third-order valence-corrected chi connectivity index (χ3v) is 6.94. The monoisotopic (exact) mass is 496 g/mol. The molecule has 0 bridgehead atoms. The van der Waals surface area contributed by atoms with E-state index in [9.17, 15) is 9.59 Å². The highest BCUT2D eigenvalue weighted by atomic mass is 32.1. The molecule has 35 heavy (non-hydrogen) atoms. The zero-order valence-corrected chi connectivity index (χ0v) is 21.1. The molecule has 1 unspecified atom stereocenters. The van der Waals surface area contributed by atoms with Gasteiger partial charge in [-0.25, -0.2) is 4.98 Å². The van der Waals surface area contributed by atoms with Gasteiger partial charge in [-0.05, 0) is 44.4 Å². The first-order chi connectivity index (χ1) is 17.0. The van der Waals surface area contributed by atoms with Crippen LogP contribution in [0.5, 0.6) is 0 Å². The predicted octanol–water partition coefficient (Wildman–Crippen LogP) is 4.23. The first kappa shape index (κ1) is 24.9. The molecule has 0 N–H and O–H groups in total. The largest absolute Gasteiger partial charge is 0.467 e. The molecular formula is C26H32N4O4S. The number of hydrogen-bond donors (Lipinski definition) is 0. The number of furan rings is 1. The molecule has 186 valence electrons. The number of nitrogens with zero attached hydrogens (tertiary/aromatic N) is 4. The number of aromatic nitrogens is 2. The van der Waals surface area contributed by atoms with E-state index in [1.54, 1.807) is 18.1 Å². The van der Waals surface area contributed by atoms with Crippen molar-refractivity contribution in [2.75, 3.05) is 31.1 Å². The van der Waals surface area contributed by atoms with Crippen molar-refractivity contribution in [3.63, 3.8) is 0 Å². The lowest BCUT2D eigenvalue weighted by Gasteiger charge is -2.32. The number of carbonyl (C=O) groups is 2. The van der Waals surface area contributed by atoms with E-state index >= 15 is 0 Å². The highest BCUT2D eigenvalue weighted by molar-refractivity contribution is 7.09. The lowest BCUT2D eigenvalue weighted by molar-refractivity contribution is -0.151. The maximum absolute atomic E-state index is 13.0. The first-order valence-electron chi connectivity index (χ1n) is 12.1. The van der Waals surface area contributed by atoms with Crippen molar-refractivity contribution in [2.45, 2.75) is 46.1 Å². The Morgan fingerprint density at radius 3 is 2.83 bits per heavy atom. The summed E-state index contributed by atoms with van der Waals surface area (Å²) in [5.74, 6) is 1.15. The SMILES string of the molecule is CCOC(=O)C1CCCN(C(=O)CCN(Cc2ccco2)c2nc(Cc3ccc(C)cc3)ns2)C1. The van der Waals surface area contributed by atoms with Crippen LogP contribution in [0.4, 0.5) is 5.13 Å². The van der Waals surface area contributed by atoms with Gasteiger partial charge in [-0.3, -0.25) is 9.59 Å². The van der Waals surface area contributed by atoms with E-state index in [4.69, 9.17) is 14.1 Å². The van der Waals surface area contributed by atoms with Gasteiger partial charge < -0.3 is 19.0 Å². The maximum Gasteiger partial charge on any atom is 0.310 e. The van der Waals surface area contributed by atoms with Gasteiger partial charge in [0.15, 0.2) is 0 Å². The summed E-state index contributed by atoms with van der Waals surface area (Å²) in [6.45, 7) is 6.32. The molecule has 4 rings (SSSR count). The van der Waals surface area contributed by atoms with Crippen LogP contribution >= 0.6 is 11.5 Å². The second-order valence-corrected chi connectivity index (χ2v) is 9.57. The molecule has 1 atom stereocenters. The molecule has 2 aromatic heterocycles. The third-order valence-electron chi connectivity index (χ3n) is 6.13. The van der Waals surface area contributed by atoms with Crippen molar-refractivity contribution >= 4 is 28.5 Å². The van der Waals surface area contributed by atoms with Crippen LogP contribution in [0.1, 0.15) is 48.9 Å². The number of benzene rings is 1. The Bertz CT molecular complexity index is 1100. The standard InChI is InChI=1S/C26H32N4O4S/c1-3-33-25(32)21-6-4-13-29(17-21)24(31)12-14-30(18-22-7-5-15-34-22)26-27-23(28-35-26)16-20-10-8-19(2)9-11-20/h5,7-11,15,21H,3-4,6,12-14,16-18H2,1-2H3. The van der Waals surface area contributed by atoms with Crippen molar-refractivity contribution < 1.29 is 18.7 Å². The molecule has 0 saturated carbocycles. The van der Waals surface area contributed by atoms with Gasteiger partial charge in [0.2, 0.25) is 11.0 Å². The number of hydrogen-bond acceptors (Lipinski definition) is 8. The van der Waals surface area contributed by atoms with Crippen LogP contribution in [0.2, 0.25) is 0 Å². The maximum atomic E-state index is 13.0. The Morgan fingerprint density at radius 2 is 2.09 bits per heavy atom. The van der Waals surface area contributed by atoms with Gasteiger partial charge in [0, 0.05) is 44.0 Å². The lowest BCUT2D eigenvalue weighted by Crippen LogP contribution is -2.43. The lowest BCUT2D eigenvalue weighted by atomic mass is 9.98. The Hall–Kier alpha value is -3.20. The summed E-state index contributed by atoms with van der Waals surface area (Å²) in [6.07, 6.45) is 4.20. The number of carbonyl (C=O) groups excluding carboxylic acids is 2. The Kier molecular flexibility index (Phi) is 8.52. The second-order valence-electron chi connectivity index (χ2n) is 8.84. The normalized spacial score (nSPS) is 15.7. The minimum atomic E-state index is -0.237. The number of piperidine rings is 1. The molecule has 1 amide bonds. The zero-order chi connectivity index (χ0) is 24.6. The Labute approximate surface area is 210 Å². The van der Waals surface area contributed by atoms with Crippen LogP contribution in [0.25, 0.3) is 0 Å². The van der Waals surface area contributed by atoms with Crippen LogP contribution in [0.3, 0.4) is 0 Å². The van der Waals surface area contributed by atoms with Crippen molar-refractivity contribution in [2.24, 2.45) is 5.92 Å². The quantitative estimate of drug-likeness (QED) is 0.388. The molecule has 8 nitrogen and oxygen atoms in total. The number of amides is 1. The van der Waals surface area contributed by atoms with Gasteiger partial charge in [0.05, 0.1) is 25.3 Å². The number of anilines is 1. The summed E-state index contributed by atoms with van der Waals surface area (Å²) in [4.78, 5) is 33.8. The highest BCUT2D eigenvalue weighted by Crippen LogP contribution is 2.23. The van der Waals surface area contributed by atoms with E-state index in [0.29, 0.717) is 45.6 Å². The number of aryl methyl sites for hydroxylation is 1. The van der Waals surface area contributed by atoms with Gasteiger partial charge in [-0.1, -0.05) is 29.8 Å². The molecule has 1 aliphatic rings. The minimum Gasteiger partial charge on any atom is -0.467 e. The topological polar surface area (TPSA) is 88.8 Å². The average Bonchev–Trinajstić information content (AvgIpc) is 3.55. The van der Waals surface area contributed by atoms with Gasteiger partial charge in [0.1, 0.15) is 11.6 Å². The van der Waals surface area contributed by atoms with E-state index in [0.717, 1.165) is 35.1 Å². The first-order valence-corrected chi connectivity index (χ1v) is 12.9. The van der Waals surface area contributed by atoms with Crippen molar-refractivity contribution in [3.05, 3.63) is 65.4 Å².